The molecule has 6 nitrogen and oxygen atoms in total. The number of carbonyl (C=O) groups excluding carboxylic acids is 2. The number of nitrogens with zero attached hydrogens (tertiary/aromatic N) is 2. The number of likely N-dealkylation sites (N-methyl/N-ethyl adjacent to an activating group) is 1. The molecule has 0 aromatic carbocycles. The van der Waals surface area contributed by atoms with Gasteiger partial charge in [-0.1, -0.05) is 0 Å². The third-order valence-electron chi connectivity index (χ3n) is 2.88. The van der Waals surface area contributed by atoms with Gasteiger partial charge in [0.1, 0.15) is 0 Å². The molecule has 0 radical (unpaired) electrons. The van der Waals surface area contributed by atoms with Gasteiger partial charge in [0.25, 0.3) is 5.91 Å². The number of nitrogens with two attached hydrogens (primary N) is 1. The molecule has 0 aromatic heterocycles. The SMILES string of the molecule is CN(CC(N)=O)CC1CN(C(=O)C(C)(C)F)CCO1. The zero-order chi connectivity index (χ0) is 14.6. The molecule has 0 spiro atoms. The number of alkyl halides is 1. The van der Waals surface area contributed by atoms with Crippen LogP contribution in [0.4, 0.5) is 4.39 Å². The molecule has 2 amide bonds. The van der Waals surface area contributed by atoms with Gasteiger partial charge < -0.3 is 15.4 Å². The molecule has 1 aliphatic heterocycles. The molecule has 1 atom stereocenters. The monoisotopic (exact) mass is 275 g/mol. The Balaban J connectivity index is 2.51. The summed E-state index contributed by atoms with van der Waals surface area (Å²) in [5.41, 5.74) is 3.22. The maximum absolute atomic E-state index is 13.6. The minimum atomic E-state index is -1.87. The summed E-state index contributed by atoms with van der Waals surface area (Å²) in [6.07, 6.45) is -0.232. The Bertz CT molecular complexity index is 344. The van der Waals surface area contributed by atoms with Crippen LogP contribution in [0.15, 0.2) is 0 Å². The lowest BCUT2D eigenvalue weighted by atomic mass is 10.1. The maximum Gasteiger partial charge on any atom is 0.259 e. The quantitative estimate of drug-likeness (QED) is 0.725. The van der Waals surface area contributed by atoms with E-state index >= 15 is 0 Å². The van der Waals surface area contributed by atoms with Crippen molar-refractivity contribution < 1.29 is 18.7 Å². The third-order valence-corrected chi connectivity index (χ3v) is 2.88. The molecule has 7 heteroatoms. The lowest BCUT2D eigenvalue weighted by Gasteiger charge is -2.36. The summed E-state index contributed by atoms with van der Waals surface area (Å²) in [5.74, 6) is -0.950. The van der Waals surface area contributed by atoms with Gasteiger partial charge in [0.15, 0.2) is 5.67 Å². The molecule has 0 aliphatic carbocycles. The summed E-state index contributed by atoms with van der Waals surface area (Å²) < 4.78 is 19.1. The van der Waals surface area contributed by atoms with Crippen LogP contribution in [-0.2, 0) is 14.3 Å². The second-order valence-corrected chi connectivity index (χ2v) is 5.38. The number of halogens is 1. The molecule has 19 heavy (non-hydrogen) atoms. The van der Waals surface area contributed by atoms with Crippen LogP contribution < -0.4 is 5.73 Å². The first-order valence-electron chi connectivity index (χ1n) is 6.27. The molecule has 2 N–H and O–H groups in total. The summed E-state index contributed by atoms with van der Waals surface area (Å²) in [7, 11) is 1.74. The van der Waals surface area contributed by atoms with Crippen LogP contribution in [0.2, 0.25) is 0 Å². The number of carbonyl (C=O) groups is 2. The largest absolute Gasteiger partial charge is 0.373 e. The van der Waals surface area contributed by atoms with Crippen molar-refractivity contribution in [3.8, 4) is 0 Å². The fraction of sp³-hybridized carbons (Fsp3) is 0.833. The lowest BCUT2D eigenvalue weighted by molar-refractivity contribution is -0.150. The first-order chi connectivity index (χ1) is 8.70. The van der Waals surface area contributed by atoms with Crippen LogP contribution >= 0.6 is 0 Å². The van der Waals surface area contributed by atoms with Gasteiger partial charge in [0.2, 0.25) is 5.91 Å². The minimum absolute atomic E-state index is 0.127. The van der Waals surface area contributed by atoms with Crippen LogP contribution in [0.1, 0.15) is 13.8 Å². The van der Waals surface area contributed by atoms with E-state index in [4.69, 9.17) is 10.5 Å². The molecule has 110 valence electrons. The van der Waals surface area contributed by atoms with E-state index in [0.717, 1.165) is 0 Å². The average Bonchev–Trinajstić information content (AvgIpc) is 2.25. The highest BCUT2D eigenvalue weighted by Crippen LogP contribution is 2.16. The summed E-state index contributed by atoms with van der Waals surface area (Å²) in [5, 5.41) is 0. The van der Waals surface area contributed by atoms with E-state index in [2.05, 4.69) is 0 Å². The van der Waals surface area contributed by atoms with E-state index in [0.29, 0.717) is 26.2 Å². The van der Waals surface area contributed by atoms with Gasteiger partial charge in [0.05, 0.1) is 19.3 Å². The van der Waals surface area contributed by atoms with Gasteiger partial charge >= 0.3 is 0 Å². The summed E-state index contributed by atoms with van der Waals surface area (Å²) >= 11 is 0. The molecule has 1 aliphatic rings. The summed E-state index contributed by atoms with van der Waals surface area (Å²) in [4.78, 5) is 25.8. The normalized spacial score (nSPS) is 20.7. The predicted molar refractivity (Wildman–Crippen MR) is 68.2 cm³/mol. The van der Waals surface area contributed by atoms with Crippen LogP contribution in [0, 0.1) is 0 Å². The van der Waals surface area contributed by atoms with Crippen molar-refractivity contribution in [3.05, 3.63) is 0 Å². The standard InChI is InChI=1S/C12H22FN3O3/c1-12(2,13)11(18)16-4-5-19-9(7-16)6-15(3)8-10(14)17/h9H,4-8H2,1-3H3,(H2,14,17). The number of primary amides is 1. The van der Waals surface area contributed by atoms with Gasteiger partial charge in [-0.15, -0.1) is 0 Å². The molecule has 0 aromatic rings. The Kier molecular flexibility index (Phi) is 5.25. The average molecular weight is 275 g/mol. The van der Waals surface area contributed by atoms with Crippen LogP contribution in [0.3, 0.4) is 0 Å². The number of morpholine rings is 1. The summed E-state index contributed by atoms with van der Waals surface area (Å²) in [6.45, 7) is 4.19. The number of hydrogen-bond donors (Lipinski definition) is 1. The Morgan fingerprint density at radius 2 is 2.16 bits per heavy atom. The molecule has 1 rings (SSSR count). The number of hydrogen-bond acceptors (Lipinski definition) is 4. The Hall–Kier alpha value is -1.21. The van der Waals surface area contributed by atoms with Crippen LogP contribution in [0.5, 0.6) is 0 Å². The van der Waals surface area contributed by atoms with Crippen molar-refractivity contribution in [2.75, 3.05) is 39.8 Å². The fourth-order valence-corrected chi connectivity index (χ4v) is 2.07. The second-order valence-electron chi connectivity index (χ2n) is 5.38. The van der Waals surface area contributed by atoms with Gasteiger partial charge in [-0.3, -0.25) is 14.5 Å². The molecular weight excluding hydrogens is 253 g/mol. The summed E-state index contributed by atoms with van der Waals surface area (Å²) in [6, 6.07) is 0. The molecule has 0 bridgehead atoms. The van der Waals surface area contributed by atoms with Gasteiger partial charge in [-0.05, 0) is 20.9 Å². The van der Waals surface area contributed by atoms with Crippen molar-refractivity contribution in [2.24, 2.45) is 5.73 Å². The van der Waals surface area contributed by atoms with E-state index < -0.39 is 17.5 Å². The lowest BCUT2D eigenvalue weighted by Crippen LogP contribution is -2.53. The van der Waals surface area contributed by atoms with E-state index in [-0.39, 0.29) is 12.6 Å². The van der Waals surface area contributed by atoms with E-state index in [1.165, 1.54) is 18.7 Å². The van der Waals surface area contributed by atoms with E-state index in [1.54, 1.807) is 11.9 Å². The smallest absolute Gasteiger partial charge is 0.259 e. The zero-order valence-electron chi connectivity index (χ0n) is 11.7. The van der Waals surface area contributed by atoms with Crippen molar-refractivity contribution in [2.45, 2.75) is 25.6 Å². The highest BCUT2D eigenvalue weighted by atomic mass is 19.1. The first kappa shape index (κ1) is 15.8. The third kappa shape index (κ3) is 5.12. The van der Waals surface area contributed by atoms with Crippen molar-refractivity contribution in [1.29, 1.82) is 0 Å². The van der Waals surface area contributed by atoms with Crippen molar-refractivity contribution in [3.63, 3.8) is 0 Å². The predicted octanol–water partition coefficient (Wildman–Crippen LogP) is -0.621. The van der Waals surface area contributed by atoms with Crippen LogP contribution in [0.25, 0.3) is 0 Å². The van der Waals surface area contributed by atoms with Crippen molar-refractivity contribution in [1.82, 2.24) is 9.80 Å². The van der Waals surface area contributed by atoms with Gasteiger partial charge in [-0.25, -0.2) is 4.39 Å². The fourth-order valence-electron chi connectivity index (χ4n) is 2.07. The maximum atomic E-state index is 13.6. The molecule has 1 fully saturated rings. The number of ether oxygens (including phenoxy) is 1. The zero-order valence-corrected chi connectivity index (χ0v) is 11.7. The molecular formula is C12H22FN3O3. The van der Waals surface area contributed by atoms with Gasteiger partial charge in [-0.2, -0.15) is 0 Å². The molecule has 0 saturated carbocycles. The van der Waals surface area contributed by atoms with Crippen LogP contribution in [-0.4, -0.2) is 73.2 Å². The van der Waals surface area contributed by atoms with E-state index in [1.807, 2.05) is 0 Å². The number of rotatable bonds is 5. The topological polar surface area (TPSA) is 75.9 Å². The van der Waals surface area contributed by atoms with E-state index in [9.17, 15) is 14.0 Å². The highest BCUT2D eigenvalue weighted by Gasteiger charge is 2.34. The molecule has 1 unspecified atom stereocenters. The Morgan fingerprint density at radius 1 is 1.53 bits per heavy atom. The Labute approximate surface area is 112 Å². The highest BCUT2D eigenvalue weighted by molar-refractivity contribution is 5.84. The van der Waals surface area contributed by atoms with Gasteiger partial charge in [0, 0.05) is 19.6 Å². The molecule has 1 heterocycles. The second kappa shape index (κ2) is 6.29. The minimum Gasteiger partial charge on any atom is -0.373 e. The number of amides is 2. The van der Waals surface area contributed by atoms with Crippen molar-refractivity contribution >= 4 is 11.8 Å². The Morgan fingerprint density at radius 3 is 2.68 bits per heavy atom. The first-order valence-corrected chi connectivity index (χ1v) is 6.27. The molecule has 1 saturated heterocycles.